The summed E-state index contributed by atoms with van der Waals surface area (Å²) in [6.07, 6.45) is 0.814. The van der Waals surface area contributed by atoms with E-state index in [4.69, 9.17) is 4.74 Å². The topological polar surface area (TPSA) is 53.3 Å². The molecule has 144 valence electrons. The zero-order valence-corrected chi connectivity index (χ0v) is 16.1. The predicted molar refractivity (Wildman–Crippen MR) is 111 cm³/mol. The lowest BCUT2D eigenvalue weighted by atomic mass is 9.87. The maximum atomic E-state index is 12.8. The monoisotopic (exact) mass is 382 g/mol. The fourth-order valence-corrected chi connectivity index (χ4v) is 3.89. The molecule has 3 aromatic rings. The number of ether oxygens (including phenoxy) is 1. The molecule has 1 fully saturated rings. The number of carbonyl (C=O) groups is 1. The molecule has 4 rings (SSSR count). The number of likely N-dealkylation sites (tertiary alicyclic amines) is 1. The van der Waals surface area contributed by atoms with Crippen molar-refractivity contribution in [1.82, 2.24) is 4.90 Å². The van der Waals surface area contributed by atoms with Crippen molar-refractivity contribution in [2.45, 2.75) is 31.5 Å². The number of hydrogen-bond acceptors (Lipinski definition) is 3. The van der Waals surface area contributed by atoms with Crippen molar-refractivity contribution in [3.05, 3.63) is 102 Å². The molecule has 0 bridgehead atoms. The molecule has 4 nitrogen and oxygen atoms in total. The summed E-state index contributed by atoms with van der Waals surface area (Å²) in [6, 6.07) is 29.7. The molecule has 1 atom stereocenters. The zero-order valence-electron chi connectivity index (χ0n) is 16.1. The third kappa shape index (κ3) is 3.72. The van der Waals surface area contributed by atoms with Crippen LogP contribution < -0.4 is 4.74 Å². The van der Waals surface area contributed by atoms with Crippen LogP contribution in [-0.2, 0) is 23.5 Å². The highest BCUT2D eigenvalue weighted by Gasteiger charge is 2.48. The molecule has 1 amide bonds. The van der Waals surface area contributed by atoms with Crippen LogP contribution in [0.4, 0.5) is 0 Å². The summed E-state index contributed by atoms with van der Waals surface area (Å²) in [7, 11) is 0. The number of hydrogen-bond donors (Lipinski definition) is 0. The van der Waals surface area contributed by atoms with Gasteiger partial charge >= 0.3 is 0 Å². The number of nitrogens with zero attached hydrogens (tertiary/aromatic N) is 2. The van der Waals surface area contributed by atoms with Crippen molar-refractivity contribution in [2.75, 3.05) is 0 Å². The Balaban J connectivity index is 1.67. The number of rotatable bonds is 6. The predicted octanol–water partition coefficient (Wildman–Crippen LogP) is 4.81. The van der Waals surface area contributed by atoms with E-state index in [2.05, 4.69) is 6.07 Å². The lowest BCUT2D eigenvalue weighted by molar-refractivity contribution is -0.131. The van der Waals surface area contributed by atoms with Crippen molar-refractivity contribution < 1.29 is 9.53 Å². The van der Waals surface area contributed by atoms with Gasteiger partial charge in [-0.2, -0.15) is 5.26 Å². The first-order valence-electron chi connectivity index (χ1n) is 9.75. The zero-order chi connectivity index (χ0) is 20.1. The van der Waals surface area contributed by atoms with Gasteiger partial charge in [0.05, 0.1) is 6.07 Å². The first-order chi connectivity index (χ1) is 14.2. The van der Waals surface area contributed by atoms with Crippen LogP contribution >= 0.6 is 0 Å². The van der Waals surface area contributed by atoms with Crippen LogP contribution in [0.5, 0.6) is 5.75 Å². The quantitative estimate of drug-likeness (QED) is 0.615. The summed E-state index contributed by atoms with van der Waals surface area (Å²) in [6.45, 7) is 0.812. The number of amides is 1. The standard InChI is InChI=1S/C25H22N2O2/c26-19-25(16-15-24(28)27(25)17-20-9-3-1-4-10-20)22-13-7-8-14-23(22)29-18-21-11-5-2-6-12-21/h1-14H,15-18H2/t25-/m1/s1. The Morgan fingerprint density at radius 2 is 1.52 bits per heavy atom. The van der Waals surface area contributed by atoms with E-state index in [-0.39, 0.29) is 5.91 Å². The molecule has 1 saturated heterocycles. The number of para-hydroxylation sites is 1. The highest BCUT2D eigenvalue weighted by molar-refractivity contribution is 5.81. The second-order valence-corrected chi connectivity index (χ2v) is 7.21. The van der Waals surface area contributed by atoms with Crippen LogP contribution in [0.15, 0.2) is 84.9 Å². The second-order valence-electron chi connectivity index (χ2n) is 7.21. The maximum Gasteiger partial charge on any atom is 0.224 e. The summed E-state index contributed by atoms with van der Waals surface area (Å²) in [5.74, 6) is 0.638. The summed E-state index contributed by atoms with van der Waals surface area (Å²) >= 11 is 0. The van der Waals surface area contributed by atoms with Crippen molar-refractivity contribution in [3.63, 3.8) is 0 Å². The van der Waals surface area contributed by atoms with Gasteiger partial charge in [0.15, 0.2) is 5.54 Å². The fraction of sp³-hybridized carbons (Fsp3) is 0.200. The van der Waals surface area contributed by atoms with Gasteiger partial charge in [-0.1, -0.05) is 78.9 Å². The molecule has 0 aromatic heterocycles. The van der Waals surface area contributed by atoms with E-state index >= 15 is 0 Å². The Kier molecular flexibility index (Phi) is 5.31. The smallest absolute Gasteiger partial charge is 0.224 e. The average molecular weight is 382 g/mol. The summed E-state index contributed by atoms with van der Waals surface area (Å²) < 4.78 is 6.11. The van der Waals surface area contributed by atoms with Crippen molar-refractivity contribution >= 4 is 5.91 Å². The van der Waals surface area contributed by atoms with E-state index in [1.165, 1.54) is 0 Å². The van der Waals surface area contributed by atoms with Crippen LogP contribution in [0.1, 0.15) is 29.5 Å². The van der Waals surface area contributed by atoms with Crippen molar-refractivity contribution in [1.29, 1.82) is 5.26 Å². The molecule has 0 saturated carbocycles. The number of benzene rings is 3. The van der Waals surface area contributed by atoms with Gasteiger partial charge in [0, 0.05) is 18.5 Å². The lowest BCUT2D eigenvalue weighted by Crippen LogP contribution is -2.42. The molecule has 0 aliphatic carbocycles. The molecule has 4 heteroatoms. The van der Waals surface area contributed by atoms with Gasteiger partial charge in [-0.3, -0.25) is 4.79 Å². The van der Waals surface area contributed by atoms with Gasteiger partial charge in [0.1, 0.15) is 12.4 Å². The molecule has 0 unspecified atom stereocenters. The van der Waals surface area contributed by atoms with Crippen LogP contribution in [-0.4, -0.2) is 10.8 Å². The van der Waals surface area contributed by atoms with E-state index in [1.54, 1.807) is 4.90 Å². The first-order valence-corrected chi connectivity index (χ1v) is 9.75. The largest absolute Gasteiger partial charge is 0.488 e. The van der Waals surface area contributed by atoms with E-state index in [0.29, 0.717) is 31.7 Å². The van der Waals surface area contributed by atoms with E-state index in [1.807, 2.05) is 84.9 Å². The molecule has 1 heterocycles. The SMILES string of the molecule is N#C[C@@]1(c2ccccc2OCc2ccccc2)CCC(=O)N1Cc1ccccc1. The fourth-order valence-electron chi connectivity index (χ4n) is 3.89. The summed E-state index contributed by atoms with van der Waals surface area (Å²) in [4.78, 5) is 14.5. The lowest BCUT2D eigenvalue weighted by Gasteiger charge is -2.34. The molecular weight excluding hydrogens is 360 g/mol. The van der Waals surface area contributed by atoms with E-state index in [9.17, 15) is 10.1 Å². The molecule has 1 aliphatic rings. The number of carbonyl (C=O) groups excluding carboxylic acids is 1. The molecular formula is C25H22N2O2. The minimum atomic E-state index is -1.03. The molecule has 1 aliphatic heterocycles. The molecule has 3 aromatic carbocycles. The molecule has 0 N–H and O–H groups in total. The first kappa shape index (κ1) is 18.8. The van der Waals surface area contributed by atoms with Gasteiger partial charge in [-0.25, -0.2) is 0 Å². The second kappa shape index (κ2) is 8.20. The van der Waals surface area contributed by atoms with Crippen LogP contribution in [0.25, 0.3) is 0 Å². The van der Waals surface area contributed by atoms with Gasteiger partial charge < -0.3 is 9.64 Å². The highest BCUT2D eigenvalue weighted by atomic mass is 16.5. The van der Waals surface area contributed by atoms with Gasteiger partial charge in [-0.15, -0.1) is 0 Å². The number of nitriles is 1. The average Bonchev–Trinajstić information content (AvgIpc) is 3.10. The Morgan fingerprint density at radius 3 is 2.21 bits per heavy atom. The van der Waals surface area contributed by atoms with Gasteiger partial charge in [-0.05, 0) is 23.6 Å². The Hall–Kier alpha value is -3.58. The van der Waals surface area contributed by atoms with Crippen LogP contribution in [0.3, 0.4) is 0 Å². The van der Waals surface area contributed by atoms with Crippen LogP contribution in [0.2, 0.25) is 0 Å². The highest BCUT2D eigenvalue weighted by Crippen LogP contribution is 2.44. The van der Waals surface area contributed by atoms with Gasteiger partial charge in [0.25, 0.3) is 0 Å². The molecule has 0 radical (unpaired) electrons. The minimum Gasteiger partial charge on any atom is -0.488 e. The Labute approximate surface area is 171 Å². The Morgan fingerprint density at radius 1 is 0.897 bits per heavy atom. The van der Waals surface area contributed by atoms with Crippen molar-refractivity contribution in [3.8, 4) is 11.8 Å². The van der Waals surface area contributed by atoms with Crippen LogP contribution in [0, 0.1) is 11.3 Å². The Bertz CT molecular complexity index is 1030. The normalized spacial score (nSPS) is 18.4. The summed E-state index contributed by atoms with van der Waals surface area (Å²) in [5.41, 5.74) is 1.78. The van der Waals surface area contributed by atoms with Crippen molar-refractivity contribution in [2.24, 2.45) is 0 Å². The third-order valence-corrected chi connectivity index (χ3v) is 5.40. The third-order valence-electron chi connectivity index (χ3n) is 5.40. The van der Waals surface area contributed by atoms with Gasteiger partial charge in [0.2, 0.25) is 5.91 Å². The maximum absolute atomic E-state index is 12.8. The van der Waals surface area contributed by atoms with E-state index in [0.717, 1.165) is 16.7 Å². The molecule has 29 heavy (non-hydrogen) atoms. The molecule has 0 spiro atoms. The van der Waals surface area contributed by atoms with E-state index < -0.39 is 5.54 Å². The summed E-state index contributed by atoms with van der Waals surface area (Å²) in [5, 5.41) is 10.2. The minimum absolute atomic E-state index is 0.00624.